The van der Waals surface area contributed by atoms with Gasteiger partial charge in [0, 0.05) is 44.0 Å². The number of hydrogen-bond donors (Lipinski definition) is 1. The van der Waals surface area contributed by atoms with Crippen LogP contribution in [0, 0.1) is 13.8 Å². The quantitative estimate of drug-likeness (QED) is 0.930. The lowest BCUT2D eigenvalue weighted by atomic mass is 10.1. The van der Waals surface area contributed by atoms with E-state index in [2.05, 4.69) is 59.1 Å². The van der Waals surface area contributed by atoms with Gasteiger partial charge in [-0.3, -0.25) is 9.80 Å². The van der Waals surface area contributed by atoms with Crippen molar-refractivity contribution in [1.82, 2.24) is 19.6 Å². The van der Waals surface area contributed by atoms with Crippen LogP contribution in [0.5, 0.6) is 0 Å². The van der Waals surface area contributed by atoms with Crippen LogP contribution in [0.2, 0.25) is 0 Å². The summed E-state index contributed by atoms with van der Waals surface area (Å²) < 4.78 is 2.02. The molecule has 5 nitrogen and oxygen atoms in total. The second-order valence-electron chi connectivity index (χ2n) is 7.78. The predicted molar refractivity (Wildman–Crippen MR) is 98.9 cm³/mol. The lowest BCUT2D eigenvalue weighted by molar-refractivity contribution is 0.0528. The van der Waals surface area contributed by atoms with Crippen molar-refractivity contribution >= 4 is 0 Å². The van der Waals surface area contributed by atoms with E-state index in [0.29, 0.717) is 12.1 Å². The molecule has 2 aliphatic rings. The maximum atomic E-state index is 9.94. The van der Waals surface area contributed by atoms with Gasteiger partial charge in [0.25, 0.3) is 0 Å². The van der Waals surface area contributed by atoms with Crippen LogP contribution in [0.3, 0.4) is 0 Å². The first-order chi connectivity index (χ1) is 12.0. The molecule has 0 amide bonds. The van der Waals surface area contributed by atoms with Crippen LogP contribution in [0.25, 0.3) is 5.69 Å². The molecule has 0 bridgehead atoms. The maximum absolute atomic E-state index is 9.94. The molecule has 1 N–H and O–H groups in total. The molecule has 25 heavy (non-hydrogen) atoms. The zero-order valence-corrected chi connectivity index (χ0v) is 15.4. The smallest absolute Gasteiger partial charge is 0.0682 e. The summed E-state index contributed by atoms with van der Waals surface area (Å²) >= 11 is 0. The van der Waals surface area contributed by atoms with Gasteiger partial charge in [-0.1, -0.05) is 12.1 Å². The summed E-state index contributed by atoms with van der Waals surface area (Å²) in [5.41, 5.74) is 4.67. The first-order valence-corrected chi connectivity index (χ1v) is 9.28. The minimum atomic E-state index is -0.147. The summed E-state index contributed by atoms with van der Waals surface area (Å²) in [6.07, 6.45) is 0.765. The second kappa shape index (κ2) is 6.56. The third-order valence-electron chi connectivity index (χ3n) is 5.62. The average molecular weight is 340 g/mol. The number of nitrogens with zero attached hydrogens (tertiary/aromatic N) is 4. The van der Waals surface area contributed by atoms with Crippen molar-refractivity contribution in [1.29, 1.82) is 0 Å². The van der Waals surface area contributed by atoms with Gasteiger partial charge in [0.15, 0.2) is 0 Å². The highest BCUT2D eigenvalue weighted by molar-refractivity contribution is 5.37. The molecule has 2 saturated heterocycles. The first kappa shape index (κ1) is 16.8. The summed E-state index contributed by atoms with van der Waals surface area (Å²) in [7, 11) is 0. The summed E-state index contributed by atoms with van der Waals surface area (Å²) in [5.74, 6) is 0. The van der Waals surface area contributed by atoms with E-state index in [-0.39, 0.29) is 6.10 Å². The Balaban J connectivity index is 1.51. The van der Waals surface area contributed by atoms with Crippen LogP contribution < -0.4 is 0 Å². The Morgan fingerprint density at radius 2 is 2.00 bits per heavy atom. The van der Waals surface area contributed by atoms with Crippen molar-refractivity contribution < 1.29 is 5.11 Å². The lowest BCUT2D eigenvalue weighted by Crippen LogP contribution is -2.54. The summed E-state index contributed by atoms with van der Waals surface area (Å²) in [6.45, 7) is 10.3. The summed E-state index contributed by atoms with van der Waals surface area (Å²) in [5, 5.41) is 14.5. The fraction of sp³-hybridized carbons (Fsp3) is 0.550. The van der Waals surface area contributed by atoms with Crippen molar-refractivity contribution in [3.63, 3.8) is 0 Å². The van der Waals surface area contributed by atoms with Gasteiger partial charge in [0.1, 0.15) is 0 Å². The van der Waals surface area contributed by atoms with Gasteiger partial charge in [-0.25, -0.2) is 4.68 Å². The van der Waals surface area contributed by atoms with Crippen molar-refractivity contribution in [2.75, 3.05) is 19.6 Å². The molecule has 0 radical (unpaired) electrons. The van der Waals surface area contributed by atoms with E-state index in [1.54, 1.807) is 0 Å². The van der Waals surface area contributed by atoms with Crippen LogP contribution in [0.1, 0.15) is 30.3 Å². The minimum Gasteiger partial charge on any atom is -0.392 e. The normalized spacial score (nSPS) is 27.6. The molecule has 3 atom stereocenters. The summed E-state index contributed by atoms with van der Waals surface area (Å²) in [4.78, 5) is 5.01. The van der Waals surface area contributed by atoms with Gasteiger partial charge in [-0.05, 0) is 51.0 Å². The van der Waals surface area contributed by atoms with Gasteiger partial charge in [-0.15, -0.1) is 0 Å². The van der Waals surface area contributed by atoms with Crippen molar-refractivity contribution in [3.05, 3.63) is 47.3 Å². The monoisotopic (exact) mass is 340 g/mol. The fourth-order valence-electron chi connectivity index (χ4n) is 4.41. The zero-order valence-electron chi connectivity index (χ0n) is 15.4. The van der Waals surface area contributed by atoms with E-state index in [0.717, 1.165) is 49.7 Å². The Hall–Kier alpha value is -1.69. The predicted octanol–water partition coefficient (Wildman–Crippen LogP) is 2.13. The van der Waals surface area contributed by atoms with E-state index in [4.69, 9.17) is 0 Å². The Labute approximate surface area is 149 Å². The average Bonchev–Trinajstić information content (AvgIpc) is 3.08. The van der Waals surface area contributed by atoms with Crippen LogP contribution in [-0.2, 0) is 6.54 Å². The van der Waals surface area contributed by atoms with Gasteiger partial charge < -0.3 is 5.11 Å². The van der Waals surface area contributed by atoms with Gasteiger partial charge >= 0.3 is 0 Å². The molecule has 134 valence electrons. The van der Waals surface area contributed by atoms with Gasteiger partial charge in [0.05, 0.1) is 17.5 Å². The number of hydrogen-bond acceptors (Lipinski definition) is 4. The molecule has 4 rings (SSSR count). The Morgan fingerprint density at radius 3 is 2.76 bits per heavy atom. The van der Waals surface area contributed by atoms with Crippen molar-refractivity contribution in [2.45, 2.75) is 51.9 Å². The van der Waals surface area contributed by atoms with E-state index in [1.165, 1.54) is 5.56 Å². The largest absolute Gasteiger partial charge is 0.392 e. The first-order valence-electron chi connectivity index (χ1n) is 9.28. The Morgan fingerprint density at radius 1 is 1.16 bits per heavy atom. The standard InChI is InChI=1S/C20H28N4O/c1-14-7-15(2)24(21-14)18-6-4-5-17(8-18)11-22-12-19-9-20(25)13-23(19)10-16(22)3/h4-8,16,19-20,25H,9-13H2,1-3H3/t16-,19-,20+/m0/s1. The number of aryl methyl sites for hydroxylation is 2. The number of rotatable bonds is 3. The molecule has 0 unspecified atom stereocenters. The number of aromatic nitrogens is 2. The number of benzene rings is 1. The molecule has 2 fully saturated rings. The third-order valence-corrected chi connectivity index (χ3v) is 5.62. The lowest BCUT2D eigenvalue weighted by Gasteiger charge is -2.42. The molecule has 2 aliphatic heterocycles. The van der Waals surface area contributed by atoms with Crippen molar-refractivity contribution in [2.24, 2.45) is 0 Å². The van der Waals surface area contributed by atoms with E-state index in [9.17, 15) is 5.11 Å². The van der Waals surface area contributed by atoms with Crippen LogP contribution >= 0.6 is 0 Å². The molecule has 0 saturated carbocycles. The molecule has 3 heterocycles. The van der Waals surface area contributed by atoms with Crippen LogP contribution in [0.15, 0.2) is 30.3 Å². The summed E-state index contributed by atoms with van der Waals surface area (Å²) in [6, 6.07) is 11.8. The van der Waals surface area contributed by atoms with Crippen molar-refractivity contribution in [3.8, 4) is 5.69 Å². The molecular formula is C20H28N4O. The SMILES string of the molecule is Cc1cc(C)n(-c2cccc(CN3C[C@@H]4C[C@@H](O)CN4C[C@@H]3C)c2)n1. The highest BCUT2D eigenvalue weighted by Crippen LogP contribution is 2.26. The Kier molecular flexibility index (Phi) is 4.40. The molecule has 0 aliphatic carbocycles. The van der Waals surface area contributed by atoms with E-state index in [1.807, 2.05) is 11.6 Å². The topological polar surface area (TPSA) is 44.5 Å². The van der Waals surface area contributed by atoms with Crippen LogP contribution in [-0.4, -0.2) is 62.5 Å². The highest BCUT2D eigenvalue weighted by Gasteiger charge is 2.37. The zero-order chi connectivity index (χ0) is 17.6. The minimum absolute atomic E-state index is 0.147. The molecule has 1 aromatic heterocycles. The molecule has 2 aromatic rings. The number of piperazine rings is 1. The third kappa shape index (κ3) is 3.36. The molecular weight excluding hydrogens is 312 g/mol. The molecule has 1 aromatic carbocycles. The number of aliphatic hydroxyl groups is 1. The number of fused-ring (bicyclic) bond motifs is 1. The molecule has 0 spiro atoms. The van der Waals surface area contributed by atoms with Crippen LogP contribution in [0.4, 0.5) is 0 Å². The van der Waals surface area contributed by atoms with Gasteiger partial charge in [0.2, 0.25) is 0 Å². The van der Waals surface area contributed by atoms with Gasteiger partial charge in [-0.2, -0.15) is 5.10 Å². The maximum Gasteiger partial charge on any atom is 0.0682 e. The number of aliphatic hydroxyl groups excluding tert-OH is 1. The highest BCUT2D eigenvalue weighted by atomic mass is 16.3. The second-order valence-corrected chi connectivity index (χ2v) is 7.78. The van der Waals surface area contributed by atoms with E-state index < -0.39 is 0 Å². The van der Waals surface area contributed by atoms with E-state index >= 15 is 0 Å². The fourth-order valence-corrected chi connectivity index (χ4v) is 4.41. The molecule has 5 heteroatoms. The Bertz CT molecular complexity index is 756.